The third-order valence-corrected chi connectivity index (χ3v) is 2.69. The van der Waals surface area contributed by atoms with E-state index in [1.165, 1.54) is 17.3 Å². The van der Waals surface area contributed by atoms with Crippen LogP contribution in [0, 0.1) is 0 Å². The first-order valence-electron chi connectivity index (χ1n) is 5.83. The number of rotatable bonds is 5. The molecule has 0 aliphatic rings. The molecule has 0 aromatic carbocycles. The van der Waals surface area contributed by atoms with Crippen LogP contribution in [0.1, 0.15) is 25.6 Å². The van der Waals surface area contributed by atoms with Gasteiger partial charge >= 0.3 is 0 Å². The summed E-state index contributed by atoms with van der Waals surface area (Å²) in [4.78, 5) is 15.8. The molecule has 0 spiro atoms. The second-order valence-electron chi connectivity index (χ2n) is 4.24. The maximum atomic E-state index is 11.9. The fourth-order valence-electron chi connectivity index (χ4n) is 1.68. The van der Waals surface area contributed by atoms with E-state index in [4.69, 9.17) is 4.42 Å². The van der Waals surface area contributed by atoms with Crippen LogP contribution in [0.25, 0.3) is 0 Å². The number of amides is 1. The van der Waals surface area contributed by atoms with Gasteiger partial charge in [-0.05, 0) is 26.0 Å². The number of hydrogen-bond donors (Lipinski definition) is 1. The molecule has 6 nitrogen and oxygen atoms in total. The second-order valence-corrected chi connectivity index (χ2v) is 4.24. The molecule has 0 bridgehead atoms. The molecule has 1 N–H and O–H groups in total. The molecule has 96 valence electrons. The highest BCUT2D eigenvalue weighted by molar-refractivity contribution is 5.79. The summed E-state index contributed by atoms with van der Waals surface area (Å²) < 4.78 is 6.76. The quantitative estimate of drug-likeness (QED) is 0.862. The summed E-state index contributed by atoms with van der Waals surface area (Å²) in [5, 5.41) is 6.87. The van der Waals surface area contributed by atoms with Crippen LogP contribution < -0.4 is 5.32 Å². The fraction of sp³-hybridized carbons (Fsp3) is 0.417. The Morgan fingerprint density at radius 1 is 1.56 bits per heavy atom. The van der Waals surface area contributed by atoms with Crippen molar-refractivity contribution in [1.29, 1.82) is 0 Å². The third kappa shape index (κ3) is 2.97. The lowest BCUT2D eigenvalue weighted by atomic mass is 10.2. The predicted octanol–water partition coefficient (Wildman–Crippen LogP) is 1.18. The Balaban J connectivity index is 1.87. The molecule has 2 atom stereocenters. The van der Waals surface area contributed by atoms with E-state index in [1.807, 2.05) is 19.1 Å². The summed E-state index contributed by atoms with van der Waals surface area (Å²) in [6.45, 7) is 3.72. The zero-order valence-corrected chi connectivity index (χ0v) is 10.4. The van der Waals surface area contributed by atoms with E-state index in [9.17, 15) is 4.79 Å². The van der Waals surface area contributed by atoms with E-state index in [2.05, 4.69) is 15.4 Å². The zero-order valence-electron chi connectivity index (χ0n) is 10.4. The molecule has 2 heterocycles. The number of carbonyl (C=O) groups is 1. The Morgan fingerprint density at radius 3 is 3.00 bits per heavy atom. The van der Waals surface area contributed by atoms with Gasteiger partial charge in [0.1, 0.15) is 24.5 Å². The maximum absolute atomic E-state index is 11.9. The largest absolute Gasteiger partial charge is 0.469 e. The average molecular weight is 248 g/mol. The van der Waals surface area contributed by atoms with Crippen molar-refractivity contribution in [3.8, 4) is 0 Å². The van der Waals surface area contributed by atoms with Gasteiger partial charge in [0.25, 0.3) is 0 Å². The molecule has 2 aromatic heterocycles. The molecule has 2 aromatic rings. The molecule has 6 heteroatoms. The molecule has 1 amide bonds. The van der Waals surface area contributed by atoms with Crippen LogP contribution in [-0.4, -0.2) is 26.7 Å². The molecule has 18 heavy (non-hydrogen) atoms. The van der Waals surface area contributed by atoms with E-state index in [1.54, 1.807) is 13.2 Å². The molecule has 0 unspecified atom stereocenters. The zero-order chi connectivity index (χ0) is 13.0. The third-order valence-electron chi connectivity index (χ3n) is 2.69. The van der Waals surface area contributed by atoms with E-state index < -0.39 is 0 Å². The van der Waals surface area contributed by atoms with Gasteiger partial charge < -0.3 is 9.73 Å². The van der Waals surface area contributed by atoms with Gasteiger partial charge in [-0.1, -0.05) is 0 Å². The van der Waals surface area contributed by atoms with Gasteiger partial charge in [0.2, 0.25) is 5.91 Å². The highest BCUT2D eigenvalue weighted by Gasteiger charge is 2.17. The van der Waals surface area contributed by atoms with E-state index in [0.29, 0.717) is 6.42 Å². The molecule has 0 fully saturated rings. The smallest absolute Gasteiger partial charge is 0.244 e. The Morgan fingerprint density at radius 2 is 2.39 bits per heavy atom. The molecule has 0 radical (unpaired) electrons. The van der Waals surface area contributed by atoms with Gasteiger partial charge in [0, 0.05) is 12.5 Å². The molecule has 0 saturated heterocycles. The van der Waals surface area contributed by atoms with Crippen molar-refractivity contribution in [2.45, 2.75) is 32.4 Å². The number of nitrogens with zero attached hydrogens (tertiary/aromatic N) is 3. The van der Waals surface area contributed by atoms with Crippen molar-refractivity contribution in [1.82, 2.24) is 20.1 Å². The molecule has 0 saturated carbocycles. The number of nitrogens with one attached hydrogen (secondary N) is 1. The summed E-state index contributed by atoms with van der Waals surface area (Å²) in [7, 11) is 0. The highest BCUT2D eigenvalue weighted by atomic mass is 16.3. The fourth-order valence-corrected chi connectivity index (χ4v) is 1.68. The van der Waals surface area contributed by atoms with E-state index in [-0.39, 0.29) is 18.0 Å². The van der Waals surface area contributed by atoms with E-state index >= 15 is 0 Å². The van der Waals surface area contributed by atoms with Crippen LogP contribution in [0.4, 0.5) is 0 Å². The summed E-state index contributed by atoms with van der Waals surface area (Å²) in [6, 6.07) is 3.37. The first-order chi connectivity index (χ1) is 8.66. The molecule has 0 aliphatic heterocycles. The number of carbonyl (C=O) groups excluding carboxylic acids is 1. The Bertz CT molecular complexity index is 478. The Hall–Kier alpha value is -2.11. The summed E-state index contributed by atoms with van der Waals surface area (Å²) in [6.07, 6.45) is 5.24. The number of furan rings is 1. The topological polar surface area (TPSA) is 73.0 Å². The molecule has 2 rings (SSSR count). The van der Waals surface area contributed by atoms with Crippen LogP contribution in [0.2, 0.25) is 0 Å². The minimum absolute atomic E-state index is 0.00891. The second kappa shape index (κ2) is 5.48. The van der Waals surface area contributed by atoms with Gasteiger partial charge in [0.05, 0.1) is 6.26 Å². The average Bonchev–Trinajstić information content (AvgIpc) is 2.99. The van der Waals surface area contributed by atoms with Crippen LogP contribution in [-0.2, 0) is 11.2 Å². The standard InChI is InChI=1S/C12H16N4O2/c1-9(6-11-4-3-5-18-11)15-12(17)10(2)16-8-13-7-14-16/h3-5,7-10H,6H2,1-2H3,(H,15,17)/t9-,10-/m1/s1. The minimum atomic E-state index is -0.369. The van der Waals surface area contributed by atoms with Crippen molar-refractivity contribution < 1.29 is 9.21 Å². The highest BCUT2D eigenvalue weighted by Crippen LogP contribution is 2.06. The van der Waals surface area contributed by atoms with Crippen molar-refractivity contribution in [2.75, 3.05) is 0 Å². The van der Waals surface area contributed by atoms with Crippen molar-refractivity contribution in [2.24, 2.45) is 0 Å². The maximum Gasteiger partial charge on any atom is 0.244 e. The normalized spacial score (nSPS) is 14.1. The summed E-state index contributed by atoms with van der Waals surface area (Å²) in [5.74, 6) is 0.774. The van der Waals surface area contributed by atoms with Gasteiger partial charge in [-0.25, -0.2) is 9.67 Å². The van der Waals surface area contributed by atoms with Crippen molar-refractivity contribution >= 4 is 5.91 Å². The van der Waals surface area contributed by atoms with E-state index in [0.717, 1.165) is 5.76 Å². The van der Waals surface area contributed by atoms with Crippen LogP contribution in [0.3, 0.4) is 0 Å². The van der Waals surface area contributed by atoms with Crippen LogP contribution in [0.5, 0.6) is 0 Å². The lowest BCUT2D eigenvalue weighted by Gasteiger charge is -2.16. The summed E-state index contributed by atoms with van der Waals surface area (Å²) in [5.41, 5.74) is 0. The Labute approximate surface area is 105 Å². The molecule has 0 aliphatic carbocycles. The van der Waals surface area contributed by atoms with Gasteiger partial charge in [0.15, 0.2) is 0 Å². The molecular formula is C12H16N4O2. The van der Waals surface area contributed by atoms with Crippen molar-refractivity contribution in [3.63, 3.8) is 0 Å². The van der Waals surface area contributed by atoms with Gasteiger partial charge in [-0.15, -0.1) is 0 Å². The molecular weight excluding hydrogens is 232 g/mol. The van der Waals surface area contributed by atoms with Gasteiger partial charge in [-0.2, -0.15) is 5.10 Å². The summed E-state index contributed by atoms with van der Waals surface area (Å²) >= 11 is 0. The van der Waals surface area contributed by atoms with Crippen molar-refractivity contribution in [3.05, 3.63) is 36.8 Å². The minimum Gasteiger partial charge on any atom is -0.469 e. The lowest BCUT2D eigenvalue weighted by molar-refractivity contribution is -0.124. The number of hydrogen-bond acceptors (Lipinski definition) is 4. The Kier molecular flexibility index (Phi) is 3.76. The SMILES string of the molecule is C[C@H](Cc1ccco1)NC(=O)[C@@H](C)n1cncn1. The number of aromatic nitrogens is 3. The lowest BCUT2D eigenvalue weighted by Crippen LogP contribution is -2.38. The van der Waals surface area contributed by atoms with Crippen LogP contribution >= 0.6 is 0 Å². The first kappa shape index (κ1) is 12.3. The van der Waals surface area contributed by atoms with Gasteiger partial charge in [-0.3, -0.25) is 4.79 Å². The van der Waals surface area contributed by atoms with Crippen LogP contribution in [0.15, 0.2) is 35.5 Å². The first-order valence-corrected chi connectivity index (χ1v) is 5.83. The predicted molar refractivity (Wildman–Crippen MR) is 64.7 cm³/mol. The monoisotopic (exact) mass is 248 g/mol.